The predicted octanol–water partition coefficient (Wildman–Crippen LogP) is 3.18. The molecule has 0 fully saturated rings. The van der Waals surface area contributed by atoms with Crippen molar-refractivity contribution in [1.29, 1.82) is 0 Å². The molecule has 0 saturated carbocycles. The first-order valence-corrected chi connectivity index (χ1v) is 9.79. The smallest absolute Gasteiger partial charge is 0.254 e. The minimum atomic E-state index is -0.354. The lowest BCUT2D eigenvalue weighted by Crippen LogP contribution is -2.39. The van der Waals surface area contributed by atoms with Gasteiger partial charge in [0.2, 0.25) is 5.91 Å². The number of hydrogen-bond acceptors (Lipinski definition) is 3. The first-order chi connectivity index (χ1) is 14.6. The van der Waals surface area contributed by atoms with Crippen molar-refractivity contribution in [2.45, 2.75) is 19.4 Å². The van der Waals surface area contributed by atoms with Crippen molar-refractivity contribution < 1.29 is 9.18 Å². The van der Waals surface area contributed by atoms with Gasteiger partial charge in [0.25, 0.3) is 5.56 Å². The number of carbonyl (C=O) groups excluding carboxylic acids is 1. The van der Waals surface area contributed by atoms with E-state index >= 15 is 0 Å². The van der Waals surface area contributed by atoms with E-state index in [1.54, 1.807) is 17.0 Å². The molecule has 2 N–H and O–H groups in total. The van der Waals surface area contributed by atoms with E-state index in [1.165, 1.54) is 12.1 Å². The number of carbonyl (C=O) groups is 1. The summed E-state index contributed by atoms with van der Waals surface area (Å²) in [6.45, 7) is 0.767. The lowest BCUT2D eigenvalue weighted by molar-refractivity contribution is -0.131. The van der Waals surface area contributed by atoms with Gasteiger partial charge in [-0.15, -0.1) is 0 Å². The zero-order valence-electron chi connectivity index (χ0n) is 16.1. The van der Waals surface area contributed by atoms with Crippen molar-refractivity contribution >= 4 is 16.8 Å². The van der Waals surface area contributed by atoms with E-state index in [-0.39, 0.29) is 30.2 Å². The summed E-state index contributed by atoms with van der Waals surface area (Å²) in [5.74, 6) is 0.0219. The quantitative estimate of drug-likeness (QED) is 0.552. The maximum atomic E-state index is 13.2. The molecule has 0 saturated heterocycles. The molecule has 30 heavy (non-hydrogen) atoms. The third-order valence-corrected chi connectivity index (χ3v) is 5.56. The number of aromatic amines is 2. The van der Waals surface area contributed by atoms with Gasteiger partial charge in [0.15, 0.2) is 0 Å². The number of hydrogen-bond donors (Lipinski definition) is 2. The summed E-state index contributed by atoms with van der Waals surface area (Å²) >= 11 is 0. The van der Waals surface area contributed by atoms with Gasteiger partial charge in [-0.05, 0) is 42.3 Å². The number of H-pyrrole nitrogens is 2. The highest BCUT2D eigenvalue weighted by Crippen LogP contribution is 2.22. The van der Waals surface area contributed by atoms with Crippen LogP contribution in [0.5, 0.6) is 0 Å². The SMILES string of the molecule is O=C(Cc1c[nH]c2ccccc12)N1CCc2c(nc(-c3ccc(F)cc3)[nH]c2=O)C1. The number of benzene rings is 2. The number of fused-ring (bicyclic) bond motifs is 2. The molecule has 0 atom stereocenters. The topological polar surface area (TPSA) is 81.8 Å². The van der Waals surface area contributed by atoms with Crippen LogP contribution in [0.1, 0.15) is 16.8 Å². The summed E-state index contributed by atoms with van der Waals surface area (Å²) in [6, 6.07) is 13.7. The van der Waals surface area contributed by atoms with Crippen molar-refractivity contribution in [2.75, 3.05) is 6.54 Å². The van der Waals surface area contributed by atoms with Gasteiger partial charge in [0.05, 0.1) is 18.7 Å². The van der Waals surface area contributed by atoms with E-state index in [0.29, 0.717) is 35.6 Å². The first kappa shape index (κ1) is 18.3. The molecule has 6 nitrogen and oxygen atoms in total. The number of amides is 1. The van der Waals surface area contributed by atoms with Gasteiger partial charge >= 0.3 is 0 Å². The Kier molecular flexibility index (Phi) is 4.43. The first-order valence-electron chi connectivity index (χ1n) is 9.79. The summed E-state index contributed by atoms with van der Waals surface area (Å²) in [6.07, 6.45) is 2.62. The number of halogens is 1. The largest absolute Gasteiger partial charge is 0.361 e. The molecule has 0 bridgehead atoms. The molecule has 5 rings (SSSR count). The minimum Gasteiger partial charge on any atom is -0.361 e. The van der Waals surface area contributed by atoms with E-state index in [9.17, 15) is 14.0 Å². The van der Waals surface area contributed by atoms with Crippen LogP contribution in [-0.4, -0.2) is 32.3 Å². The van der Waals surface area contributed by atoms with Crippen LogP contribution in [0.25, 0.3) is 22.3 Å². The summed E-state index contributed by atoms with van der Waals surface area (Å²) in [7, 11) is 0. The fourth-order valence-corrected chi connectivity index (χ4v) is 3.95. The minimum absolute atomic E-state index is 0.00387. The van der Waals surface area contributed by atoms with Crippen LogP contribution in [0.2, 0.25) is 0 Å². The molecule has 0 unspecified atom stereocenters. The van der Waals surface area contributed by atoms with Gasteiger partial charge in [-0.2, -0.15) is 0 Å². The van der Waals surface area contributed by atoms with Crippen LogP contribution < -0.4 is 5.56 Å². The van der Waals surface area contributed by atoms with E-state index in [2.05, 4.69) is 15.0 Å². The van der Waals surface area contributed by atoms with Crippen LogP contribution in [-0.2, 0) is 24.2 Å². The van der Waals surface area contributed by atoms with Gasteiger partial charge in [0.1, 0.15) is 11.6 Å². The van der Waals surface area contributed by atoms with Crippen molar-refractivity contribution in [3.8, 4) is 11.4 Å². The lowest BCUT2D eigenvalue weighted by Gasteiger charge is -2.28. The fourth-order valence-electron chi connectivity index (χ4n) is 3.95. The average molecular weight is 402 g/mol. The Morgan fingerprint density at radius 2 is 1.93 bits per heavy atom. The number of para-hydroxylation sites is 1. The molecule has 4 aromatic rings. The van der Waals surface area contributed by atoms with E-state index in [4.69, 9.17) is 0 Å². The van der Waals surface area contributed by atoms with Gasteiger partial charge in [-0.1, -0.05) is 18.2 Å². The van der Waals surface area contributed by atoms with E-state index < -0.39 is 0 Å². The summed E-state index contributed by atoms with van der Waals surface area (Å²) in [5.41, 5.74) is 3.57. The Morgan fingerprint density at radius 1 is 1.13 bits per heavy atom. The van der Waals surface area contributed by atoms with Crippen molar-refractivity contribution in [2.24, 2.45) is 0 Å². The predicted molar refractivity (Wildman–Crippen MR) is 111 cm³/mol. The van der Waals surface area contributed by atoms with Gasteiger partial charge in [-0.25, -0.2) is 9.37 Å². The molecular formula is C23H19FN4O2. The highest BCUT2D eigenvalue weighted by atomic mass is 19.1. The number of nitrogens with one attached hydrogen (secondary N) is 2. The molecule has 2 aromatic heterocycles. The Balaban J connectivity index is 1.40. The number of aromatic nitrogens is 3. The molecule has 0 aliphatic carbocycles. The molecule has 0 spiro atoms. The highest BCUT2D eigenvalue weighted by molar-refractivity contribution is 5.89. The van der Waals surface area contributed by atoms with Gasteiger partial charge in [-0.3, -0.25) is 9.59 Å². The molecule has 0 radical (unpaired) electrons. The summed E-state index contributed by atoms with van der Waals surface area (Å²) in [5, 5.41) is 1.04. The van der Waals surface area contributed by atoms with Crippen LogP contribution in [0.15, 0.2) is 59.5 Å². The number of nitrogens with zero attached hydrogens (tertiary/aromatic N) is 2. The Hall–Kier alpha value is -3.74. The fraction of sp³-hybridized carbons (Fsp3) is 0.174. The second-order valence-corrected chi connectivity index (χ2v) is 7.45. The molecule has 3 heterocycles. The van der Waals surface area contributed by atoms with Crippen LogP contribution in [0, 0.1) is 5.82 Å². The van der Waals surface area contributed by atoms with Crippen molar-refractivity contribution in [3.63, 3.8) is 0 Å². The monoisotopic (exact) mass is 402 g/mol. The Labute approximate surface area is 171 Å². The third kappa shape index (κ3) is 3.28. The molecule has 1 aliphatic rings. The van der Waals surface area contributed by atoms with E-state index in [0.717, 1.165) is 16.5 Å². The summed E-state index contributed by atoms with van der Waals surface area (Å²) in [4.78, 5) is 37.8. The second-order valence-electron chi connectivity index (χ2n) is 7.45. The van der Waals surface area contributed by atoms with Crippen LogP contribution in [0.4, 0.5) is 4.39 Å². The second kappa shape index (κ2) is 7.26. The molecule has 150 valence electrons. The van der Waals surface area contributed by atoms with Gasteiger partial charge in [0, 0.05) is 34.8 Å². The van der Waals surface area contributed by atoms with Crippen LogP contribution >= 0.6 is 0 Å². The molecule has 1 amide bonds. The lowest BCUT2D eigenvalue weighted by atomic mass is 10.0. The molecule has 7 heteroatoms. The maximum Gasteiger partial charge on any atom is 0.254 e. The maximum absolute atomic E-state index is 13.2. The van der Waals surface area contributed by atoms with Crippen molar-refractivity contribution in [1.82, 2.24) is 19.9 Å². The Morgan fingerprint density at radius 3 is 2.77 bits per heavy atom. The van der Waals surface area contributed by atoms with E-state index in [1.807, 2.05) is 30.5 Å². The molecular weight excluding hydrogens is 383 g/mol. The normalized spacial score (nSPS) is 13.4. The Bertz CT molecular complexity index is 1310. The molecule has 2 aromatic carbocycles. The van der Waals surface area contributed by atoms with Gasteiger partial charge < -0.3 is 14.9 Å². The molecule has 1 aliphatic heterocycles. The summed E-state index contributed by atoms with van der Waals surface area (Å²) < 4.78 is 13.2. The zero-order chi connectivity index (χ0) is 20.7. The highest BCUT2D eigenvalue weighted by Gasteiger charge is 2.25. The average Bonchev–Trinajstić information content (AvgIpc) is 3.16. The van der Waals surface area contributed by atoms with Crippen molar-refractivity contribution in [3.05, 3.63) is 87.7 Å². The standard InChI is InChI=1S/C23H19FN4O2/c24-16-7-5-14(6-8-16)22-26-20-13-28(10-9-18(20)23(30)27-22)21(29)11-15-12-25-19-4-2-1-3-17(15)19/h1-8,12,25H,9-11,13H2,(H,26,27,30). The number of rotatable bonds is 3. The third-order valence-electron chi connectivity index (χ3n) is 5.56. The van der Waals surface area contributed by atoms with Crippen LogP contribution in [0.3, 0.4) is 0 Å². The zero-order valence-corrected chi connectivity index (χ0v) is 16.1.